The van der Waals surface area contributed by atoms with E-state index in [0.717, 1.165) is 5.56 Å². The highest BCUT2D eigenvalue weighted by atomic mass is 16.2. The van der Waals surface area contributed by atoms with Crippen molar-refractivity contribution in [2.45, 2.75) is 13.0 Å². The first-order chi connectivity index (χ1) is 12.7. The number of benzene rings is 1. The smallest absolute Gasteiger partial charge is 0.257 e. The van der Waals surface area contributed by atoms with Gasteiger partial charge in [-0.05, 0) is 29.8 Å². The van der Waals surface area contributed by atoms with Crippen molar-refractivity contribution < 1.29 is 9.59 Å². The topological polar surface area (TPSA) is 84.0 Å². The van der Waals surface area contributed by atoms with E-state index in [0.29, 0.717) is 23.5 Å². The molecule has 0 bridgehead atoms. The van der Waals surface area contributed by atoms with Gasteiger partial charge in [-0.1, -0.05) is 30.3 Å². The zero-order valence-electron chi connectivity index (χ0n) is 14.1. The van der Waals surface area contributed by atoms with Crippen LogP contribution in [-0.4, -0.2) is 21.8 Å². The van der Waals surface area contributed by atoms with Crippen LogP contribution in [0.4, 0.5) is 5.69 Å². The van der Waals surface area contributed by atoms with Gasteiger partial charge in [0.15, 0.2) is 0 Å². The van der Waals surface area contributed by atoms with Gasteiger partial charge in [0.2, 0.25) is 5.91 Å². The van der Waals surface area contributed by atoms with Crippen molar-refractivity contribution in [2.75, 3.05) is 5.32 Å². The fourth-order valence-corrected chi connectivity index (χ4v) is 2.33. The third-order valence-electron chi connectivity index (χ3n) is 3.68. The standard InChI is InChI=1S/C20H18N4O2/c25-19(23-12-15-5-2-1-3-6-15)11-17-8-9-18(14-22-17)24-20(26)16-7-4-10-21-13-16/h1-10,13-14H,11-12H2,(H,23,25)(H,24,26). The van der Waals surface area contributed by atoms with E-state index in [1.807, 2.05) is 30.3 Å². The average molecular weight is 346 g/mol. The first-order valence-electron chi connectivity index (χ1n) is 8.17. The number of rotatable bonds is 6. The number of hydrogen-bond acceptors (Lipinski definition) is 4. The number of hydrogen-bond donors (Lipinski definition) is 2. The SMILES string of the molecule is O=C(Cc1ccc(NC(=O)c2cccnc2)cn1)NCc1ccccc1. The van der Waals surface area contributed by atoms with Crippen molar-refractivity contribution >= 4 is 17.5 Å². The molecule has 26 heavy (non-hydrogen) atoms. The van der Waals surface area contributed by atoms with Crippen LogP contribution in [0.15, 0.2) is 73.2 Å². The zero-order chi connectivity index (χ0) is 18.2. The number of anilines is 1. The van der Waals surface area contributed by atoms with Crippen molar-refractivity contribution in [2.24, 2.45) is 0 Å². The molecule has 0 saturated carbocycles. The number of nitrogens with zero attached hydrogens (tertiary/aromatic N) is 2. The molecule has 3 rings (SSSR count). The first-order valence-corrected chi connectivity index (χ1v) is 8.17. The predicted octanol–water partition coefficient (Wildman–Crippen LogP) is 2.59. The molecule has 1 aromatic carbocycles. The average Bonchev–Trinajstić information content (AvgIpc) is 2.69. The molecular weight excluding hydrogens is 328 g/mol. The molecule has 3 aromatic rings. The molecule has 2 N–H and O–H groups in total. The Morgan fingerprint density at radius 1 is 0.923 bits per heavy atom. The summed E-state index contributed by atoms with van der Waals surface area (Å²) in [5, 5.41) is 5.60. The molecule has 2 aromatic heterocycles. The van der Waals surface area contributed by atoms with Gasteiger partial charge < -0.3 is 10.6 Å². The molecule has 6 nitrogen and oxygen atoms in total. The summed E-state index contributed by atoms with van der Waals surface area (Å²) in [7, 11) is 0. The van der Waals surface area contributed by atoms with Crippen LogP contribution in [0, 0.1) is 0 Å². The monoisotopic (exact) mass is 346 g/mol. The Hall–Kier alpha value is -3.54. The minimum absolute atomic E-state index is 0.103. The molecule has 0 atom stereocenters. The van der Waals surface area contributed by atoms with E-state index >= 15 is 0 Å². The molecule has 6 heteroatoms. The van der Waals surface area contributed by atoms with Crippen molar-refractivity contribution in [3.63, 3.8) is 0 Å². The molecule has 0 fully saturated rings. The van der Waals surface area contributed by atoms with Gasteiger partial charge >= 0.3 is 0 Å². The van der Waals surface area contributed by atoms with Crippen LogP contribution in [0.3, 0.4) is 0 Å². The lowest BCUT2D eigenvalue weighted by atomic mass is 10.2. The third kappa shape index (κ3) is 4.98. The fraction of sp³-hybridized carbons (Fsp3) is 0.100. The van der Waals surface area contributed by atoms with E-state index in [2.05, 4.69) is 20.6 Å². The second-order valence-electron chi connectivity index (χ2n) is 5.67. The summed E-state index contributed by atoms with van der Waals surface area (Å²) in [6, 6.07) is 16.5. The summed E-state index contributed by atoms with van der Waals surface area (Å²) in [5.74, 6) is -0.359. The third-order valence-corrected chi connectivity index (χ3v) is 3.68. The predicted molar refractivity (Wildman–Crippen MR) is 98.4 cm³/mol. The van der Waals surface area contributed by atoms with Gasteiger partial charge in [0.25, 0.3) is 5.91 Å². The van der Waals surface area contributed by atoms with Gasteiger partial charge in [-0.3, -0.25) is 19.6 Å². The van der Waals surface area contributed by atoms with Crippen LogP contribution in [0.25, 0.3) is 0 Å². The van der Waals surface area contributed by atoms with Crippen LogP contribution in [0.1, 0.15) is 21.6 Å². The minimum atomic E-state index is -0.256. The van der Waals surface area contributed by atoms with Crippen LogP contribution in [0.5, 0.6) is 0 Å². The lowest BCUT2D eigenvalue weighted by molar-refractivity contribution is -0.120. The highest BCUT2D eigenvalue weighted by molar-refractivity contribution is 6.03. The van der Waals surface area contributed by atoms with Crippen LogP contribution < -0.4 is 10.6 Å². The maximum Gasteiger partial charge on any atom is 0.257 e. The van der Waals surface area contributed by atoms with Gasteiger partial charge in [0.1, 0.15) is 0 Å². The first kappa shape index (κ1) is 17.3. The normalized spacial score (nSPS) is 10.2. The van der Waals surface area contributed by atoms with E-state index in [4.69, 9.17) is 0 Å². The van der Waals surface area contributed by atoms with Crippen LogP contribution in [0.2, 0.25) is 0 Å². The van der Waals surface area contributed by atoms with Gasteiger partial charge in [0.05, 0.1) is 23.9 Å². The summed E-state index contributed by atoms with van der Waals surface area (Å²) in [5.41, 5.74) is 2.71. The van der Waals surface area contributed by atoms with E-state index in [-0.39, 0.29) is 18.2 Å². The molecule has 0 spiro atoms. The number of carbonyl (C=O) groups excluding carboxylic acids is 2. The van der Waals surface area contributed by atoms with E-state index in [1.54, 1.807) is 30.5 Å². The molecular formula is C20H18N4O2. The Kier molecular flexibility index (Phi) is 5.67. The molecule has 2 heterocycles. The van der Waals surface area contributed by atoms with Crippen molar-refractivity contribution in [3.8, 4) is 0 Å². The Morgan fingerprint density at radius 3 is 2.46 bits per heavy atom. The molecule has 0 saturated heterocycles. The Bertz CT molecular complexity index is 865. The maximum absolute atomic E-state index is 12.1. The Labute approximate surface area is 151 Å². The lowest BCUT2D eigenvalue weighted by Gasteiger charge is -2.07. The molecule has 0 aliphatic carbocycles. The second kappa shape index (κ2) is 8.53. The number of pyridine rings is 2. The van der Waals surface area contributed by atoms with Gasteiger partial charge in [0, 0.05) is 24.6 Å². The summed E-state index contributed by atoms with van der Waals surface area (Å²) in [6.45, 7) is 0.485. The molecule has 0 unspecified atom stereocenters. The van der Waals surface area contributed by atoms with Gasteiger partial charge in [-0.15, -0.1) is 0 Å². The van der Waals surface area contributed by atoms with Crippen molar-refractivity contribution in [1.82, 2.24) is 15.3 Å². The quantitative estimate of drug-likeness (QED) is 0.718. The molecule has 2 amide bonds. The van der Waals surface area contributed by atoms with Gasteiger partial charge in [-0.2, -0.15) is 0 Å². The summed E-state index contributed by atoms with van der Waals surface area (Å²) < 4.78 is 0. The highest BCUT2D eigenvalue weighted by Gasteiger charge is 2.08. The number of carbonyl (C=O) groups is 2. The summed E-state index contributed by atoms with van der Waals surface area (Å²) in [4.78, 5) is 32.2. The Morgan fingerprint density at radius 2 is 1.77 bits per heavy atom. The number of nitrogens with one attached hydrogen (secondary N) is 2. The summed E-state index contributed by atoms with van der Waals surface area (Å²) >= 11 is 0. The van der Waals surface area contributed by atoms with Crippen LogP contribution >= 0.6 is 0 Å². The van der Waals surface area contributed by atoms with E-state index in [9.17, 15) is 9.59 Å². The highest BCUT2D eigenvalue weighted by Crippen LogP contribution is 2.09. The minimum Gasteiger partial charge on any atom is -0.352 e. The van der Waals surface area contributed by atoms with Crippen molar-refractivity contribution in [3.05, 3.63) is 90.0 Å². The van der Waals surface area contributed by atoms with E-state index < -0.39 is 0 Å². The second-order valence-corrected chi connectivity index (χ2v) is 5.67. The lowest BCUT2D eigenvalue weighted by Crippen LogP contribution is -2.24. The molecule has 0 radical (unpaired) electrons. The molecule has 0 aliphatic rings. The zero-order valence-corrected chi connectivity index (χ0v) is 14.1. The maximum atomic E-state index is 12.1. The summed E-state index contributed by atoms with van der Waals surface area (Å²) in [6.07, 6.45) is 4.82. The molecule has 130 valence electrons. The van der Waals surface area contributed by atoms with Crippen LogP contribution in [-0.2, 0) is 17.8 Å². The van der Waals surface area contributed by atoms with E-state index in [1.165, 1.54) is 12.4 Å². The fourth-order valence-electron chi connectivity index (χ4n) is 2.33. The Balaban J connectivity index is 1.51. The van der Waals surface area contributed by atoms with Gasteiger partial charge in [-0.25, -0.2) is 0 Å². The van der Waals surface area contributed by atoms with Crippen molar-refractivity contribution in [1.29, 1.82) is 0 Å². The largest absolute Gasteiger partial charge is 0.352 e. The number of amides is 2. The number of aromatic nitrogens is 2. The molecule has 0 aliphatic heterocycles.